The number of benzene rings is 2. The number of carbonyl (C=O) groups is 1. The minimum atomic E-state index is -3.69. The molecule has 0 unspecified atom stereocenters. The fourth-order valence-electron chi connectivity index (χ4n) is 3.83. The second kappa shape index (κ2) is 9.22. The number of piperidine rings is 1. The van der Waals surface area contributed by atoms with Crippen LogP contribution in [0.5, 0.6) is 0 Å². The topological polar surface area (TPSA) is 105 Å². The van der Waals surface area contributed by atoms with E-state index in [1.807, 2.05) is 24.3 Å². The van der Waals surface area contributed by atoms with Crippen LogP contribution in [0.3, 0.4) is 0 Å². The standard InChI is InChI=1S/C23H26N4O4S/c1-3-17-6-4-8-20(14-17)25-23(28)18-10-12-27(13-11-18)32(29,30)21-9-5-7-19(15-21)22-24-16(2)31-26-22/h4-9,14-15,18H,3,10-13H2,1-2H3,(H,25,28). The number of sulfonamides is 1. The zero-order valence-electron chi connectivity index (χ0n) is 18.1. The summed E-state index contributed by atoms with van der Waals surface area (Å²) in [5.74, 6) is 0.474. The molecule has 2 aromatic carbocycles. The molecule has 1 aromatic heterocycles. The Labute approximate surface area is 187 Å². The Morgan fingerprint density at radius 3 is 2.59 bits per heavy atom. The van der Waals surface area contributed by atoms with Crippen molar-refractivity contribution in [2.75, 3.05) is 18.4 Å². The molecule has 0 aliphatic carbocycles. The lowest BCUT2D eigenvalue weighted by Crippen LogP contribution is -2.41. The van der Waals surface area contributed by atoms with Crippen molar-refractivity contribution < 1.29 is 17.7 Å². The van der Waals surface area contributed by atoms with Gasteiger partial charge in [-0.15, -0.1) is 0 Å². The first kappa shape index (κ1) is 22.2. The molecule has 0 saturated carbocycles. The number of nitrogens with one attached hydrogen (secondary N) is 1. The molecule has 0 spiro atoms. The van der Waals surface area contributed by atoms with Crippen molar-refractivity contribution in [3.63, 3.8) is 0 Å². The van der Waals surface area contributed by atoms with E-state index < -0.39 is 10.0 Å². The SMILES string of the molecule is CCc1cccc(NC(=O)C2CCN(S(=O)(=O)c3cccc(-c4noc(C)n4)c3)CC2)c1. The van der Waals surface area contributed by atoms with E-state index in [4.69, 9.17) is 4.52 Å². The van der Waals surface area contributed by atoms with Crippen LogP contribution >= 0.6 is 0 Å². The number of aryl methyl sites for hydroxylation is 2. The highest BCUT2D eigenvalue weighted by molar-refractivity contribution is 7.89. The number of carbonyl (C=O) groups excluding carboxylic acids is 1. The third-order valence-corrected chi connectivity index (χ3v) is 7.58. The van der Waals surface area contributed by atoms with Crippen molar-refractivity contribution in [3.05, 3.63) is 60.0 Å². The molecule has 1 amide bonds. The molecule has 0 radical (unpaired) electrons. The van der Waals surface area contributed by atoms with E-state index in [1.165, 1.54) is 4.31 Å². The summed E-state index contributed by atoms with van der Waals surface area (Å²) in [7, 11) is -3.69. The van der Waals surface area contributed by atoms with Gasteiger partial charge in [0, 0.05) is 37.2 Å². The number of amides is 1. The summed E-state index contributed by atoms with van der Waals surface area (Å²) in [5, 5.41) is 6.83. The number of nitrogens with zero attached hydrogens (tertiary/aromatic N) is 3. The number of anilines is 1. The number of aromatic nitrogens is 2. The number of rotatable bonds is 6. The smallest absolute Gasteiger partial charge is 0.243 e. The monoisotopic (exact) mass is 454 g/mol. The molecular formula is C23H26N4O4S. The number of hydrogen-bond acceptors (Lipinski definition) is 6. The molecule has 32 heavy (non-hydrogen) atoms. The fourth-order valence-corrected chi connectivity index (χ4v) is 5.35. The van der Waals surface area contributed by atoms with Gasteiger partial charge >= 0.3 is 0 Å². The van der Waals surface area contributed by atoms with E-state index >= 15 is 0 Å². The molecular weight excluding hydrogens is 428 g/mol. The van der Waals surface area contributed by atoms with E-state index in [0.29, 0.717) is 43.2 Å². The van der Waals surface area contributed by atoms with Gasteiger partial charge in [0.1, 0.15) is 0 Å². The van der Waals surface area contributed by atoms with Gasteiger partial charge in [0.25, 0.3) is 0 Å². The maximum absolute atomic E-state index is 13.2. The summed E-state index contributed by atoms with van der Waals surface area (Å²) in [6, 6.07) is 14.3. The second-order valence-electron chi connectivity index (χ2n) is 7.89. The van der Waals surface area contributed by atoms with Gasteiger partial charge in [-0.2, -0.15) is 9.29 Å². The molecule has 9 heteroatoms. The summed E-state index contributed by atoms with van der Waals surface area (Å²) < 4.78 is 32.8. The molecule has 1 aliphatic rings. The van der Waals surface area contributed by atoms with E-state index in [2.05, 4.69) is 22.4 Å². The molecule has 1 saturated heterocycles. The summed E-state index contributed by atoms with van der Waals surface area (Å²) in [6.45, 7) is 4.33. The van der Waals surface area contributed by atoms with Crippen LogP contribution in [-0.2, 0) is 21.2 Å². The maximum Gasteiger partial charge on any atom is 0.243 e. The highest BCUT2D eigenvalue weighted by atomic mass is 32.2. The Hall–Kier alpha value is -3.04. The zero-order valence-corrected chi connectivity index (χ0v) is 18.9. The molecule has 1 aliphatic heterocycles. The highest BCUT2D eigenvalue weighted by Gasteiger charge is 2.32. The maximum atomic E-state index is 13.2. The zero-order chi connectivity index (χ0) is 22.7. The first-order chi connectivity index (χ1) is 15.4. The lowest BCUT2D eigenvalue weighted by atomic mass is 9.97. The largest absolute Gasteiger partial charge is 0.339 e. The first-order valence-electron chi connectivity index (χ1n) is 10.7. The molecule has 168 valence electrons. The third-order valence-electron chi connectivity index (χ3n) is 5.69. The minimum absolute atomic E-state index is 0.0650. The molecule has 1 N–H and O–H groups in total. The fraction of sp³-hybridized carbons (Fsp3) is 0.348. The van der Waals surface area contributed by atoms with E-state index in [1.54, 1.807) is 31.2 Å². The van der Waals surface area contributed by atoms with Crippen LogP contribution < -0.4 is 5.32 Å². The van der Waals surface area contributed by atoms with Crippen molar-refractivity contribution in [2.45, 2.75) is 38.0 Å². The van der Waals surface area contributed by atoms with Crippen molar-refractivity contribution in [3.8, 4) is 11.4 Å². The molecule has 3 aromatic rings. The Kier molecular flexibility index (Phi) is 6.38. The summed E-state index contributed by atoms with van der Waals surface area (Å²) >= 11 is 0. The van der Waals surface area contributed by atoms with E-state index in [0.717, 1.165) is 17.7 Å². The van der Waals surface area contributed by atoms with Crippen LogP contribution in [0.25, 0.3) is 11.4 Å². The second-order valence-corrected chi connectivity index (χ2v) is 9.82. The summed E-state index contributed by atoms with van der Waals surface area (Å²) in [6.07, 6.45) is 1.85. The van der Waals surface area contributed by atoms with Gasteiger partial charge in [-0.05, 0) is 49.1 Å². The molecule has 1 fully saturated rings. The van der Waals surface area contributed by atoms with Gasteiger partial charge in [0.2, 0.25) is 27.6 Å². The van der Waals surface area contributed by atoms with E-state index in [-0.39, 0.29) is 16.7 Å². The van der Waals surface area contributed by atoms with Gasteiger partial charge in [-0.3, -0.25) is 4.79 Å². The Bertz CT molecular complexity index is 1210. The Morgan fingerprint density at radius 2 is 1.91 bits per heavy atom. The van der Waals surface area contributed by atoms with Crippen molar-refractivity contribution in [1.29, 1.82) is 0 Å². The highest BCUT2D eigenvalue weighted by Crippen LogP contribution is 2.27. The predicted octanol–water partition coefficient (Wildman–Crippen LogP) is 3.65. The van der Waals surface area contributed by atoms with Crippen molar-refractivity contribution in [2.24, 2.45) is 5.92 Å². The van der Waals surface area contributed by atoms with Crippen LogP contribution in [0.2, 0.25) is 0 Å². The molecule has 0 atom stereocenters. The third kappa shape index (κ3) is 4.73. The average Bonchev–Trinajstić information content (AvgIpc) is 3.25. The van der Waals surface area contributed by atoms with Gasteiger partial charge in [-0.25, -0.2) is 8.42 Å². The van der Waals surface area contributed by atoms with Crippen LogP contribution in [0.1, 0.15) is 31.2 Å². The van der Waals surface area contributed by atoms with Crippen molar-refractivity contribution >= 4 is 21.6 Å². The molecule has 8 nitrogen and oxygen atoms in total. The van der Waals surface area contributed by atoms with Gasteiger partial charge in [0.05, 0.1) is 4.90 Å². The molecule has 4 rings (SSSR count). The lowest BCUT2D eigenvalue weighted by Gasteiger charge is -2.30. The van der Waals surface area contributed by atoms with E-state index in [9.17, 15) is 13.2 Å². The average molecular weight is 455 g/mol. The lowest BCUT2D eigenvalue weighted by molar-refractivity contribution is -0.120. The Balaban J connectivity index is 1.41. The first-order valence-corrected chi connectivity index (χ1v) is 12.1. The summed E-state index contributed by atoms with van der Waals surface area (Å²) in [5.41, 5.74) is 2.51. The molecule has 0 bridgehead atoms. The van der Waals surface area contributed by atoms with Crippen molar-refractivity contribution in [1.82, 2.24) is 14.4 Å². The normalized spacial score (nSPS) is 15.6. The quantitative estimate of drug-likeness (QED) is 0.610. The van der Waals surface area contributed by atoms with Gasteiger partial charge in [0.15, 0.2) is 0 Å². The van der Waals surface area contributed by atoms with Gasteiger partial charge in [-0.1, -0.05) is 36.3 Å². The molecule has 2 heterocycles. The van der Waals surface area contributed by atoms with Crippen LogP contribution in [0, 0.1) is 12.8 Å². The Morgan fingerprint density at radius 1 is 1.16 bits per heavy atom. The minimum Gasteiger partial charge on any atom is -0.339 e. The number of hydrogen-bond donors (Lipinski definition) is 1. The van der Waals surface area contributed by atoms with Crippen LogP contribution in [0.15, 0.2) is 57.9 Å². The van der Waals surface area contributed by atoms with Crippen LogP contribution in [-0.4, -0.2) is 41.9 Å². The predicted molar refractivity (Wildman–Crippen MR) is 120 cm³/mol. The summed E-state index contributed by atoms with van der Waals surface area (Å²) in [4.78, 5) is 17.0. The van der Waals surface area contributed by atoms with Crippen LogP contribution in [0.4, 0.5) is 5.69 Å². The van der Waals surface area contributed by atoms with Gasteiger partial charge < -0.3 is 9.84 Å².